The maximum absolute atomic E-state index is 11.6. The van der Waals surface area contributed by atoms with E-state index in [1.54, 1.807) is 30.3 Å². The van der Waals surface area contributed by atoms with Crippen LogP contribution in [-0.2, 0) is 0 Å². The lowest BCUT2D eigenvalue weighted by molar-refractivity contribution is -0.384. The number of nitro benzene ring substituents is 1. The van der Waals surface area contributed by atoms with Crippen molar-refractivity contribution in [2.75, 3.05) is 5.32 Å². The fourth-order valence-corrected chi connectivity index (χ4v) is 1.78. The van der Waals surface area contributed by atoms with Crippen LogP contribution in [0.5, 0.6) is 0 Å². The van der Waals surface area contributed by atoms with E-state index in [0.29, 0.717) is 11.3 Å². The molecular formula is C14H11ClN4O3. The number of hydrogen-bond acceptors (Lipinski definition) is 4. The maximum atomic E-state index is 11.6. The normalized spacial score (nSPS) is 10.4. The van der Waals surface area contributed by atoms with E-state index in [0.717, 1.165) is 0 Å². The molecule has 0 unspecified atom stereocenters. The van der Waals surface area contributed by atoms with Crippen molar-refractivity contribution in [1.29, 1.82) is 0 Å². The van der Waals surface area contributed by atoms with Gasteiger partial charge in [-0.05, 0) is 18.2 Å². The Hall–Kier alpha value is -2.93. The molecule has 0 heterocycles. The minimum absolute atomic E-state index is 0.0388. The number of urea groups is 1. The number of para-hydroxylation sites is 1. The summed E-state index contributed by atoms with van der Waals surface area (Å²) in [6, 6.07) is 12.5. The van der Waals surface area contributed by atoms with Gasteiger partial charge < -0.3 is 5.32 Å². The minimum Gasteiger partial charge on any atom is -0.307 e. The van der Waals surface area contributed by atoms with Crippen LogP contribution in [0.25, 0.3) is 0 Å². The van der Waals surface area contributed by atoms with Gasteiger partial charge in [0.2, 0.25) is 0 Å². The van der Waals surface area contributed by atoms with Gasteiger partial charge in [0, 0.05) is 17.3 Å². The first kappa shape index (κ1) is 15.5. The van der Waals surface area contributed by atoms with Crippen molar-refractivity contribution < 1.29 is 9.72 Å². The first-order chi connectivity index (χ1) is 10.6. The third-order valence-electron chi connectivity index (χ3n) is 2.58. The van der Waals surface area contributed by atoms with Gasteiger partial charge in [-0.1, -0.05) is 35.9 Å². The van der Waals surface area contributed by atoms with Crippen LogP contribution < -0.4 is 10.7 Å². The number of anilines is 1. The molecule has 0 aliphatic carbocycles. The quantitative estimate of drug-likeness (QED) is 0.513. The predicted octanol–water partition coefficient (Wildman–Crippen LogP) is 3.40. The summed E-state index contributed by atoms with van der Waals surface area (Å²) < 4.78 is 0. The smallest absolute Gasteiger partial charge is 0.307 e. The van der Waals surface area contributed by atoms with Crippen LogP contribution in [-0.4, -0.2) is 17.2 Å². The second kappa shape index (κ2) is 7.19. The number of hydrogen-bond donors (Lipinski definition) is 2. The molecule has 0 aromatic heterocycles. The van der Waals surface area contributed by atoms with Crippen molar-refractivity contribution in [2.45, 2.75) is 0 Å². The summed E-state index contributed by atoms with van der Waals surface area (Å²) in [5, 5.41) is 17.1. The van der Waals surface area contributed by atoms with E-state index in [1.807, 2.05) is 6.07 Å². The summed E-state index contributed by atoms with van der Waals surface area (Å²) in [7, 11) is 0. The van der Waals surface area contributed by atoms with Gasteiger partial charge in [0.05, 0.1) is 11.1 Å². The van der Waals surface area contributed by atoms with Crippen molar-refractivity contribution in [3.05, 3.63) is 69.2 Å². The van der Waals surface area contributed by atoms with E-state index in [2.05, 4.69) is 15.8 Å². The molecule has 2 amide bonds. The number of nitrogens with zero attached hydrogens (tertiary/aromatic N) is 2. The standard InChI is InChI=1S/C14H11ClN4O3/c15-12-7-6-10(8-13(12)19(21)22)9-16-18-14(20)17-11-4-2-1-3-5-11/h1-9H,(H2,17,18,20)/b16-9+. The van der Waals surface area contributed by atoms with Gasteiger partial charge in [0.15, 0.2) is 0 Å². The number of hydrazone groups is 1. The third-order valence-corrected chi connectivity index (χ3v) is 2.90. The van der Waals surface area contributed by atoms with Crippen LogP contribution in [0.15, 0.2) is 53.6 Å². The number of rotatable bonds is 4. The minimum atomic E-state index is -0.588. The Labute approximate surface area is 130 Å². The monoisotopic (exact) mass is 318 g/mol. The van der Waals surface area contributed by atoms with Gasteiger partial charge in [0.1, 0.15) is 5.02 Å². The Morgan fingerprint density at radius 3 is 2.64 bits per heavy atom. The highest BCUT2D eigenvalue weighted by Gasteiger charge is 2.11. The molecule has 0 bridgehead atoms. The summed E-state index contributed by atoms with van der Waals surface area (Å²) >= 11 is 5.70. The Morgan fingerprint density at radius 2 is 1.95 bits per heavy atom. The number of carbonyl (C=O) groups excluding carboxylic acids is 1. The van der Waals surface area contributed by atoms with Crippen LogP contribution in [0.1, 0.15) is 5.56 Å². The maximum Gasteiger partial charge on any atom is 0.339 e. The molecule has 112 valence electrons. The van der Waals surface area contributed by atoms with Crippen molar-refractivity contribution in [1.82, 2.24) is 5.43 Å². The van der Waals surface area contributed by atoms with Crippen molar-refractivity contribution >= 4 is 35.2 Å². The summed E-state index contributed by atoms with van der Waals surface area (Å²) in [5.74, 6) is 0. The van der Waals surface area contributed by atoms with Crippen LogP contribution in [0.3, 0.4) is 0 Å². The van der Waals surface area contributed by atoms with Crippen molar-refractivity contribution in [3.63, 3.8) is 0 Å². The molecule has 0 aliphatic heterocycles. The van der Waals surface area contributed by atoms with Gasteiger partial charge in [0.25, 0.3) is 5.69 Å². The highest BCUT2D eigenvalue weighted by molar-refractivity contribution is 6.32. The molecule has 2 aromatic carbocycles. The highest BCUT2D eigenvalue weighted by Crippen LogP contribution is 2.24. The molecule has 0 radical (unpaired) electrons. The molecule has 0 atom stereocenters. The second-order valence-corrected chi connectivity index (χ2v) is 4.57. The van der Waals surface area contributed by atoms with Crippen molar-refractivity contribution in [2.24, 2.45) is 5.10 Å². The number of nitro groups is 1. The summed E-state index contributed by atoms with van der Waals surface area (Å²) in [6.45, 7) is 0. The number of halogens is 1. The topological polar surface area (TPSA) is 96.6 Å². The lowest BCUT2D eigenvalue weighted by Crippen LogP contribution is -2.24. The molecule has 0 spiro atoms. The van der Waals surface area contributed by atoms with Crippen LogP contribution >= 0.6 is 11.6 Å². The fourth-order valence-electron chi connectivity index (χ4n) is 1.60. The van der Waals surface area contributed by atoms with Crippen LogP contribution in [0, 0.1) is 10.1 Å². The molecule has 0 fully saturated rings. The highest BCUT2D eigenvalue weighted by atomic mass is 35.5. The van der Waals surface area contributed by atoms with Crippen LogP contribution in [0.2, 0.25) is 5.02 Å². The van der Waals surface area contributed by atoms with E-state index < -0.39 is 11.0 Å². The number of amides is 2. The van der Waals surface area contributed by atoms with E-state index in [-0.39, 0.29) is 10.7 Å². The molecule has 2 aromatic rings. The molecule has 2 rings (SSSR count). The summed E-state index contributed by atoms with van der Waals surface area (Å²) in [5.41, 5.74) is 3.10. The number of benzene rings is 2. The number of nitrogens with one attached hydrogen (secondary N) is 2. The van der Waals surface area contributed by atoms with Crippen molar-refractivity contribution in [3.8, 4) is 0 Å². The van der Waals surface area contributed by atoms with E-state index >= 15 is 0 Å². The van der Waals surface area contributed by atoms with Gasteiger partial charge in [-0.25, -0.2) is 10.2 Å². The van der Waals surface area contributed by atoms with Gasteiger partial charge in [-0.2, -0.15) is 5.10 Å². The van der Waals surface area contributed by atoms with E-state index in [4.69, 9.17) is 11.6 Å². The molecule has 8 heteroatoms. The van der Waals surface area contributed by atoms with Gasteiger partial charge in [-0.15, -0.1) is 0 Å². The predicted molar refractivity (Wildman–Crippen MR) is 84.3 cm³/mol. The van der Waals surface area contributed by atoms with Gasteiger partial charge in [-0.3, -0.25) is 10.1 Å². The zero-order valence-electron chi connectivity index (χ0n) is 11.2. The molecule has 7 nitrogen and oxygen atoms in total. The number of carbonyl (C=O) groups is 1. The summed E-state index contributed by atoms with van der Waals surface area (Å²) in [6.07, 6.45) is 1.29. The van der Waals surface area contributed by atoms with Gasteiger partial charge >= 0.3 is 6.03 Å². The Bertz CT molecular complexity index is 719. The molecule has 0 saturated carbocycles. The Kier molecular flexibility index (Phi) is 5.05. The first-order valence-corrected chi connectivity index (χ1v) is 6.53. The lowest BCUT2D eigenvalue weighted by atomic mass is 10.2. The fraction of sp³-hybridized carbons (Fsp3) is 0. The van der Waals surface area contributed by atoms with E-state index in [1.165, 1.54) is 18.3 Å². The molecule has 0 aliphatic rings. The zero-order valence-corrected chi connectivity index (χ0v) is 11.9. The SMILES string of the molecule is O=C(N/N=C/c1ccc(Cl)c([N+](=O)[O-])c1)Nc1ccccc1. The molecule has 22 heavy (non-hydrogen) atoms. The average Bonchev–Trinajstić information content (AvgIpc) is 2.49. The second-order valence-electron chi connectivity index (χ2n) is 4.16. The lowest BCUT2D eigenvalue weighted by Gasteiger charge is -2.03. The Balaban J connectivity index is 1.96. The van der Waals surface area contributed by atoms with Crippen LogP contribution in [0.4, 0.5) is 16.2 Å². The molecule has 2 N–H and O–H groups in total. The largest absolute Gasteiger partial charge is 0.339 e. The first-order valence-electron chi connectivity index (χ1n) is 6.15. The van der Waals surface area contributed by atoms with E-state index in [9.17, 15) is 14.9 Å². The average molecular weight is 319 g/mol. The third kappa shape index (κ3) is 4.29. The molecular weight excluding hydrogens is 308 g/mol. The zero-order chi connectivity index (χ0) is 15.9. The molecule has 0 saturated heterocycles. The summed E-state index contributed by atoms with van der Waals surface area (Å²) in [4.78, 5) is 21.7. The Morgan fingerprint density at radius 1 is 1.23 bits per heavy atom.